The maximum absolute atomic E-state index is 12.1. The molecule has 1 heterocycles. The zero-order valence-electron chi connectivity index (χ0n) is 11.9. The molecule has 3 N–H and O–H groups in total. The molecule has 20 heavy (non-hydrogen) atoms. The van der Waals surface area contributed by atoms with Crippen LogP contribution in [-0.2, 0) is 9.47 Å². The number of nitrogens with two attached hydrogens (primary N) is 1. The number of nitrogens with one attached hydrogen (secondary N) is 1. The second kappa shape index (κ2) is 7.26. The minimum Gasteiger partial charge on any atom is -0.399 e. The number of amides is 1. The highest BCUT2D eigenvalue weighted by molar-refractivity contribution is 5.95. The van der Waals surface area contributed by atoms with Crippen molar-refractivity contribution in [3.8, 4) is 0 Å². The third-order valence-electron chi connectivity index (χ3n) is 3.52. The van der Waals surface area contributed by atoms with Gasteiger partial charge < -0.3 is 20.5 Å². The standard InChI is InChI=1S/C15H22N2O3/c1-19-7-4-17-15(18)13-8-12(9-14(16)10-13)11-2-5-20-6-3-11/h8-11H,2-7,16H2,1H3,(H,17,18). The molecular weight excluding hydrogens is 256 g/mol. The Hall–Kier alpha value is -1.59. The lowest BCUT2D eigenvalue weighted by molar-refractivity contribution is 0.0853. The number of ether oxygens (including phenoxy) is 2. The average Bonchev–Trinajstić information content (AvgIpc) is 2.47. The van der Waals surface area contributed by atoms with Crippen molar-refractivity contribution in [1.29, 1.82) is 0 Å². The van der Waals surface area contributed by atoms with Gasteiger partial charge in [0.2, 0.25) is 0 Å². The first kappa shape index (κ1) is 14.8. The van der Waals surface area contributed by atoms with Crippen LogP contribution in [0.25, 0.3) is 0 Å². The molecular formula is C15H22N2O3. The normalized spacial score (nSPS) is 16.1. The molecule has 0 bridgehead atoms. The van der Waals surface area contributed by atoms with Crippen molar-refractivity contribution in [2.24, 2.45) is 0 Å². The summed E-state index contributed by atoms with van der Waals surface area (Å²) in [4.78, 5) is 12.1. The van der Waals surface area contributed by atoms with Gasteiger partial charge in [0.1, 0.15) is 0 Å². The minimum atomic E-state index is -0.109. The zero-order chi connectivity index (χ0) is 14.4. The van der Waals surface area contributed by atoms with Crippen molar-refractivity contribution in [2.75, 3.05) is 39.2 Å². The van der Waals surface area contributed by atoms with E-state index in [4.69, 9.17) is 15.2 Å². The third kappa shape index (κ3) is 3.95. The number of carbonyl (C=O) groups is 1. The number of methoxy groups -OCH3 is 1. The molecule has 1 fully saturated rings. The van der Waals surface area contributed by atoms with E-state index in [0.29, 0.717) is 30.3 Å². The molecule has 1 aliphatic rings. The molecule has 0 saturated carbocycles. The Morgan fingerprint density at radius 3 is 2.85 bits per heavy atom. The molecule has 1 saturated heterocycles. The molecule has 1 aliphatic heterocycles. The molecule has 0 unspecified atom stereocenters. The molecule has 0 radical (unpaired) electrons. The van der Waals surface area contributed by atoms with E-state index in [9.17, 15) is 4.79 Å². The van der Waals surface area contributed by atoms with Crippen LogP contribution in [0, 0.1) is 0 Å². The first-order valence-electron chi connectivity index (χ1n) is 6.96. The second-order valence-electron chi connectivity index (χ2n) is 5.02. The lowest BCUT2D eigenvalue weighted by Gasteiger charge is -2.23. The lowest BCUT2D eigenvalue weighted by Crippen LogP contribution is -2.27. The Morgan fingerprint density at radius 2 is 2.15 bits per heavy atom. The van der Waals surface area contributed by atoms with Crippen LogP contribution >= 0.6 is 0 Å². The molecule has 5 nitrogen and oxygen atoms in total. The fourth-order valence-corrected chi connectivity index (χ4v) is 2.44. The number of anilines is 1. The largest absolute Gasteiger partial charge is 0.399 e. The summed E-state index contributed by atoms with van der Waals surface area (Å²) in [6.07, 6.45) is 1.96. The third-order valence-corrected chi connectivity index (χ3v) is 3.52. The molecule has 1 amide bonds. The zero-order valence-corrected chi connectivity index (χ0v) is 11.9. The molecule has 2 rings (SSSR count). The van der Waals surface area contributed by atoms with Crippen LogP contribution in [0.3, 0.4) is 0 Å². The van der Waals surface area contributed by atoms with E-state index in [-0.39, 0.29) is 5.91 Å². The number of hydrogen-bond donors (Lipinski definition) is 2. The van der Waals surface area contributed by atoms with Gasteiger partial charge in [-0.15, -0.1) is 0 Å². The number of nitrogen functional groups attached to an aromatic ring is 1. The van der Waals surface area contributed by atoms with E-state index in [1.165, 1.54) is 0 Å². The van der Waals surface area contributed by atoms with Gasteiger partial charge in [-0.25, -0.2) is 0 Å². The number of hydrogen-bond acceptors (Lipinski definition) is 4. The molecule has 5 heteroatoms. The maximum atomic E-state index is 12.1. The van der Waals surface area contributed by atoms with Crippen molar-refractivity contribution in [1.82, 2.24) is 5.32 Å². The van der Waals surface area contributed by atoms with Crippen molar-refractivity contribution in [2.45, 2.75) is 18.8 Å². The van der Waals surface area contributed by atoms with E-state index >= 15 is 0 Å². The average molecular weight is 278 g/mol. The summed E-state index contributed by atoms with van der Waals surface area (Å²) in [7, 11) is 1.61. The molecule has 0 aliphatic carbocycles. The number of carbonyl (C=O) groups excluding carboxylic acids is 1. The highest BCUT2D eigenvalue weighted by Gasteiger charge is 2.18. The lowest BCUT2D eigenvalue weighted by atomic mass is 9.90. The van der Waals surface area contributed by atoms with Crippen LogP contribution in [-0.4, -0.2) is 39.4 Å². The van der Waals surface area contributed by atoms with Gasteiger partial charge in [-0.3, -0.25) is 4.79 Å². The van der Waals surface area contributed by atoms with Crippen LogP contribution in [0.5, 0.6) is 0 Å². The Labute approximate surface area is 119 Å². The summed E-state index contributed by atoms with van der Waals surface area (Å²) in [6, 6.07) is 5.61. The van der Waals surface area contributed by atoms with Gasteiger partial charge in [-0.05, 0) is 42.5 Å². The quantitative estimate of drug-likeness (QED) is 0.633. The van der Waals surface area contributed by atoms with Gasteiger partial charge in [0, 0.05) is 38.1 Å². The number of benzene rings is 1. The minimum absolute atomic E-state index is 0.109. The second-order valence-corrected chi connectivity index (χ2v) is 5.02. The van der Waals surface area contributed by atoms with Gasteiger partial charge in [-0.2, -0.15) is 0 Å². The molecule has 1 aromatic rings. The Bertz CT molecular complexity index is 456. The summed E-state index contributed by atoms with van der Waals surface area (Å²) >= 11 is 0. The van der Waals surface area contributed by atoms with Gasteiger partial charge in [0.05, 0.1) is 6.61 Å². The maximum Gasteiger partial charge on any atom is 0.251 e. The fourth-order valence-electron chi connectivity index (χ4n) is 2.44. The van der Waals surface area contributed by atoms with Crippen LogP contribution < -0.4 is 11.1 Å². The van der Waals surface area contributed by atoms with Gasteiger partial charge in [-0.1, -0.05) is 0 Å². The summed E-state index contributed by atoms with van der Waals surface area (Å²) in [5.41, 5.74) is 8.30. The van der Waals surface area contributed by atoms with E-state index in [0.717, 1.165) is 31.6 Å². The summed E-state index contributed by atoms with van der Waals surface area (Å²) in [6.45, 7) is 2.54. The van der Waals surface area contributed by atoms with E-state index < -0.39 is 0 Å². The molecule has 0 spiro atoms. The summed E-state index contributed by atoms with van der Waals surface area (Å²) < 4.78 is 10.3. The fraction of sp³-hybridized carbons (Fsp3) is 0.533. The van der Waals surface area contributed by atoms with Crippen molar-refractivity contribution in [3.05, 3.63) is 29.3 Å². The van der Waals surface area contributed by atoms with Crippen molar-refractivity contribution < 1.29 is 14.3 Å². The predicted octanol–water partition coefficient (Wildman–Crippen LogP) is 1.54. The first-order valence-corrected chi connectivity index (χ1v) is 6.96. The van der Waals surface area contributed by atoms with E-state index in [1.807, 2.05) is 12.1 Å². The molecule has 1 aromatic carbocycles. The van der Waals surface area contributed by atoms with Gasteiger partial charge in [0.15, 0.2) is 0 Å². The summed E-state index contributed by atoms with van der Waals surface area (Å²) in [5.74, 6) is 0.320. The van der Waals surface area contributed by atoms with Crippen LogP contribution in [0.15, 0.2) is 18.2 Å². The Kier molecular flexibility index (Phi) is 5.38. The first-order chi connectivity index (χ1) is 9.70. The van der Waals surface area contributed by atoms with Crippen molar-refractivity contribution >= 4 is 11.6 Å². The Balaban J connectivity index is 2.09. The van der Waals surface area contributed by atoms with Crippen LogP contribution in [0.4, 0.5) is 5.69 Å². The Morgan fingerprint density at radius 1 is 1.40 bits per heavy atom. The van der Waals surface area contributed by atoms with Crippen molar-refractivity contribution in [3.63, 3.8) is 0 Å². The SMILES string of the molecule is COCCNC(=O)c1cc(N)cc(C2CCOCC2)c1. The van der Waals surface area contributed by atoms with Crippen LogP contribution in [0.1, 0.15) is 34.7 Å². The summed E-state index contributed by atoms with van der Waals surface area (Å²) in [5, 5.41) is 2.81. The molecule has 0 atom stereocenters. The number of rotatable bonds is 5. The van der Waals surface area contributed by atoms with Crippen LogP contribution in [0.2, 0.25) is 0 Å². The van der Waals surface area contributed by atoms with E-state index in [1.54, 1.807) is 13.2 Å². The molecule has 110 valence electrons. The smallest absolute Gasteiger partial charge is 0.251 e. The highest BCUT2D eigenvalue weighted by atomic mass is 16.5. The molecule has 0 aromatic heterocycles. The monoisotopic (exact) mass is 278 g/mol. The topological polar surface area (TPSA) is 73.6 Å². The van der Waals surface area contributed by atoms with E-state index in [2.05, 4.69) is 5.32 Å². The van der Waals surface area contributed by atoms with Gasteiger partial charge >= 0.3 is 0 Å². The highest BCUT2D eigenvalue weighted by Crippen LogP contribution is 2.29. The predicted molar refractivity (Wildman–Crippen MR) is 77.9 cm³/mol. The van der Waals surface area contributed by atoms with Gasteiger partial charge in [0.25, 0.3) is 5.91 Å².